The maximum atomic E-state index is 13.2. The van der Waals surface area contributed by atoms with Crippen LogP contribution in [-0.4, -0.2) is 67.8 Å². The van der Waals surface area contributed by atoms with Crippen molar-refractivity contribution in [2.45, 2.75) is 37.6 Å². The zero-order valence-electron chi connectivity index (χ0n) is 22.8. The summed E-state index contributed by atoms with van der Waals surface area (Å²) in [5, 5.41) is 0. The first-order valence-corrected chi connectivity index (χ1v) is 13.2. The summed E-state index contributed by atoms with van der Waals surface area (Å²) < 4.78 is 34.5. The van der Waals surface area contributed by atoms with Crippen molar-refractivity contribution >= 4 is 23.9 Å². The fourth-order valence-electron chi connectivity index (χ4n) is 4.25. The van der Waals surface area contributed by atoms with E-state index >= 15 is 0 Å². The number of carbonyl (C=O) groups excluding carboxylic acids is 4. The van der Waals surface area contributed by atoms with Gasteiger partial charge in [0.1, 0.15) is 18.8 Å². The topological polar surface area (TPSA) is 124 Å². The van der Waals surface area contributed by atoms with Gasteiger partial charge >= 0.3 is 23.9 Å². The van der Waals surface area contributed by atoms with Gasteiger partial charge in [-0.1, -0.05) is 60.7 Å². The summed E-state index contributed by atoms with van der Waals surface area (Å²) in [6, 6.07) is 24.6. The van der Waals surface area contributed by atoms with E-state index in [2.05, 4.69) is 6.58 Å². The van der Waals surface area contributed by atoms with Crippen molar-refractivity contribution in [3.05, 3.63) is 120 Å². The highest BCUT2D eigenvalue weighted by Gasteiger charge is 2.53. The van der Waals surface area contributed by atoms with Crippen LogP contribution < -0.4 is 0 Å². The lowest BCUT2D eigenvalue weighted by atomic mass is 9.97. The Morgan fingerprint density at radius 1 is 0.690 bits per heavy atom. The Bertz CT molecular complexity index is 1360. The van der Waals surface area contributed by atoms with E-state index in [1.165, 1.54) is 6.08 Å². The Kier molecular flexibility index (Phi) is 10.6. The van der Waals surface area contributed by atoms with Gasteiger partial charge in [0.2, 0.25) is 6.29 Å². The fraction of sp³-hybridized carbons (Fsp3) is 0.250. The summed E-state index contributed by atoms with van der Waals surface area (Å²) in [7, 11) is 0. The van der Waals surface area contributed by atoms with Crippen LogP contribution in [0, 0.1) is 0 Å². The van der Waals surface area contributed by atoms with Gasteiger partial charge in [-0.25, -0.2) is 14.4 Å². The lowest BCUT2D eigenvalue weighted by Gasteiger charge is -2.44. The minimum absolute atomic E-state index is 0.0489. The zero-order chi connectivity index (χ0) is 29.9. The predicted octanol–water partition coefficient (Wildman–Crippen LogP) is 4.15. The molecule has 1 aliphatic rings. The van der Waals surface area contributed by atoms with Crippen LogP contribution in [0.2, 0.25) is 0 Å². The summed E-state index contributed by atoms with van der Waals surface area (Å²) in [5.74, 6) is -2.87. The van der Waals surface area contributed by atoms with E-state index in [-0.39, 0.29) is 23.3 Å². The van der Waals surface area contributed by atoms with Crippen molar-refractivity contribution < 1.29 is 47.6 Å². The standard InChI is InChI=1S/C32H30O10/c1-3-19-37-27-26(41-30(35)23-15-9-5-10-16-23)25(20-38-29(34)22-13-7-4-8-14-22)40-32(39-21(2)33)28(27)42-31(36)24-17-11-6-12-18-24/h3-18,25-28,32H,1,19-20H2,2H3/t25-,26-,27+,28+,32+/m1/s1. The number of hydrogen-bond donors (Lipinski definition) is 0. The molecule has 0 saturated carbocycles. The molecule has 5 atom stereocenters. The Hall–Kier alpha value is -4.80. The SMILES string of the molecule is C=CCO[C@@H]1[C@H](OC(=O)c2ccccc2)[C@@H](OC(C)=O)O[C@H](COC(=O)c2ccccc2)[C@H]1OC(=O)c1ccccc1. The van der Waals surface area contributed by atoms with E-state index in [9.17, 15) is 19.2 Å². The molecule has 4 rings (SSSR count). The van der Waals surface area contributed by atoms with E-state index in [1.54, 1.807) is 91.0 Å². The molecule has 1 heterocycles. The molecule has 10 nitrogen and oxygen atoms in total. The van der Waals surface area contributed by atoms with Crippen LogP contribution in [0.5, 0.6) is 0 Å². The molecule has 1 aliphatic heterocycles. The van der Waals surface area contributed by atoms with Crippen molar-refractivity contribution in [3.8, 4) is 0 Å². The Morgan fingerprint density at radius 3 is 1.64 bits per heavy atom. The third-order valence-electron chi connectivity index (χ3n) is 6.17. The van der Waals surface area contributed by atoms with Gasteiger partial charge in [-0.15, -0.1) is 6.58 Å². The first kappa shape index (κ1) is 30.2. The first-order valence-electron chi connectivity index (χ1n) is 13.2. The summed E-state index contributed by atoms with van der Waals surface area (Å²) in [6.07, 6.45) is -5.10. The molecule has 0 N–H and O–H groups in total. The minimum atomic E-state index is -1.49. The van der Waals surface area contributed by atoms with E-state index in [0.29, 0.717) is 0 Å². The maximum Gasteiger partial charge on any atom is 0.338 e. The molecule has 3 aromatic rings. The number of benzene rings is 3. The van der Waals surface area contributed by atoms with Gasteiger partial charge in [0.15, 0.2) is 12.2 Å². The summed E-state index contributed by atoms with van der Waals surface area (Å²) >= 11 is 0. The normalized spacial score (nSPS) is 21.4. The minimum Gasteiger partial charge on any atom is -0.459 e. The van der Waals surface area contributed by atoms with Crippen LogP contribution in [0.1, 0.15) is 38.0 Å². The first-order chi connectivity index (χ1) is 20.4. The van der Waals surface area contributed by atoms with Crippen molar-refractivity contribution in [3.63, 3.8) is 0 Å². The predicted molar refractivity (Wildman–Crippen MR) is 148 cm³/mol. The van der Waals surface area contributed by atoms with Crippen molar-refractivity contribution in [2.24, 2.45) is 0 Å². The molecule has 42 heavy (non-hydrogen) atoms. The van der Waals surface area contributed by atoms with Crippen LogP contribution in [0.25, 0.3) is 0 Å². The molecule has 0 radical (unpaired) electrons. The van der Waals surface area contributed by atoms with Gasteiger partial charge in [0, 0.05) is 6.92 Å². The Labute approximate surface area is 242 Å². The van der Waals surface area contributed by atoms with E-state index in [0.717, 1.165) is 6.92 Å². The molecule has 3 aromatic carbocycles. The monoisotopic (exact) mass is 574 g/mol. The third kappa shape index (κ3) is 7.90. The van der Waals surface area contributed by atoms with E-state index in [1.807, 2.05) is 0 Å². The number of hydrogen-bond acceptors (Lipinski definition) is 10. The molecule has 0 amide bonds. The molecule has 0 aromatic heterocycles. The number of ether oxygens (including phenoxy) is 6. The van der Waals surface area contributed by atoms with Crippen molar-refractivity contribution in [1.29, 1.82) is 0 Å². The van der Waals surface area contributed by atoms with Crippen LogP contribution in [-0.2, 0) is 33.2 Å². The number of carbonyl (C=O) groups is 4. The van der Waals surface area contributed by atoms with Gasteiger partial charge in [0.05, 0.1) is 23.3 Å². The maximum absolute atomic E-state index is 13.2. The van der Waals surface area contributed by atoms with Gasteiger partial charge in [0.25, 0.3) is 0 Å². The molecule has 1 fully saturated rings. The second kappa shape index (κ2) is 14.7. The van der Waals surface area contributed by atoms with Crippen LogP contribution in [0.15, 0.2) is 104 Å². The van der Waals surface area contributed by atoms with E-state index in [4.69, 9.17) is 28.4 Å². The largest absolute Gasteiger partial charge is 0.459 e. The van der Waals surface area contributed by atoms with Gasteiger partial charge in [-0.2, -0.15) is 0 Å². The second-order valence-electron chi connectivity index (χ2n) is 9.18. The average Bonchev–Trinajstić information content (AvgIpc) is 3.01. The van der Waals surface area contributed by atoms with E-state index < -0.39 is 61.2 Å². The molecule has 0 bridgehead atoms. The Morgan fingerprint density at radius 2 is 1.17 bits per heavy atom. The second-order valence-corrected chi connectivity index (χ2v) is 9.18. The molecular formula is C32H30O10. The highest BCUT2D eigenvalue weighted by molar-refractivity contribution is 5.90. The molecule has 218 valence electrons. The smallest absolute Gasteiger partial charge is 0.338 e. The molecule has 0 unspecified atom stereocenters. The van der Waals surface area contributed by atoms with Crippen LogP contribution in [0.4, 0.5) is 0 Å². The lowest BCUT2D eigenvalue weighted by molar-refractivity contribution is -0.295. The molecule has 0 aliphatic carbocycles. The zero-order valence-corrected chi connectivity index (χ0v) is 22.8. The molecule has 1 saturated heterocycles. The summed E-state index contributed by atoms with van der Waals surface area (Å²) in [5.41, 5.74) is 0.745. The van der Waals surface area contributed by atoms with Crippen LogP contribution >= 0.6 is 0 Å². The van der Waals surface area contributed by atoms with Gasteiger partial charge in [-0.3, -0.25) is 4.79 Å². The summed E-state index contributed by atoms with van der Waals surface area (Å²) in [4.78, 5) is 51.1. The highest BCUT2D eigenvalue weighted by Crippen LogP contribution is 2.31. The van der Waals surface area contributed by atoms with Crippen LogP contribution in [0.3, 0.4) is 0 Å². The van der Waals surface area contributed by atoms with Gasteiger partial charge in [-0.05, 0) is 36.4 Å². The fourth-order valence-corrected chi connectivity index (χ4v) is 4.25. The van der Waals surface area contributed by atoms with Gasteiger partial charge < -0.3 is 28.4 Å². The quantitative estimate of drug-likeness (QED) is 0.187. The Balaban J connectivity index is 1.68. The van der Waals surface area contributed by atoms with Crippen molar-refractivity contribution in [2.75, 3.05) is 13.2 Å². The lowest BCUT2D eigenvalue weighted by Crippen LogP contribution is -2.63. The van der Waals surface area contributed by atoms with Crippen molar-refractivity contribution in [1.82, 2.24) is 0 Å². The average molecular weight is 575 g/mol. The summed E-state index contributed by atoms with van der Waals surface area (Å²) in [6.45, 7) is 4.36. The molecule has 0 spiro atoms. The third-order valence-corrected chi connectivity index (χ3v) is 6.17. The number of esters is 4. The molecule has 10 heteroatoms. The highest BCUT2D eigenvalue weighted by atomic mass is 16.7. The molecular weight excluding hydrogens is 544 g/mol. The number of rotatable bonds is 11.